The van der Waals surface area contributed by atoms with Gasteiger partial charge in [-0.15, -0.1) is 0 Å². The molecule has 0 aromatic heterocycles. The normalized spacial score (nSPS) is 18.2. The van der Waals surface area contributed by atoms with E-state index in [1.807, 2.05) is 18.0 Å². The maximum absolute atomic E-state index is 12.6. The van der Waals surface area contributed by atoms with Crippen LogP contribution in [0.1, 0.15) is 37.0 Å². The Morgan fingerprint density at radius 1 is 1.32 bits per heavy atom. The summed E-state index contributed by atoms with van der Waals surface area (Å²) < 4.78 is 0. The van der Waals surface area contributed by atoms with Gasteiger partial charge in [0.2, 0.25) is 0 Å². The van der Waals surface area contributed by atoms with Gasteiger partial charge in [0.25, 0.3) is 5.91 Å². The van der Waals surface area contributed by atoms with Crippen LogP contribution < -0.4 is 5.32 Å². The SMILES string of the molecule is CNc1ccc(Cl)cc1C(=O)N1CCC(C)(C)CC1. The van der Waals surface area contributed by atoms with E-state index in [0.717, 1.165) is 31.6 Å². The first-order chi connectivity index (χ1) is 8.93. The average molecular weight is 281 g/mol. The second-order valence-corrected chi connectivity index (χ2v) is 6.33. The number of anilines is 1. The molecule has 1 aliphatic heterocycles. The Hall–Kier alpha value is -1.22. The number of carbonyl (C=O) groups is 1. The van der Waals surface area contributed by atoms with Gasteiger partial charge in [0.15, 0.2) is 0 Å². The summed E-state index contributed by atoms with van der Waals surface area (Å²) in [6, 6.07) is 5.39. The van der Waals surface area contributed by atoms with Crippen molar-refractivity contribution in [3.8, 4) is 0 Å². The number of piperidine rings is 1. The molecule has 0 aliphatic carbocycles. The summed E-state index contributed by atoms with van der Waals surface area (Å²) in [5.74, 6) is 0.0716. The standard InChI is InChI=1S/C15H21ClN2O/c1-15(2)6-8-18(9-7-15)14(19)12-10-11(16)4-5-13(12)17-3/h4-5,10,17H,6-9H2,1-3H3. The molecule has 1 saturated heterocycles. The minimum absolute atomic E-state index is 0.0716. The number of hydrogen-bond donors (Lipinski definition) is 1. The quantitative estimate of drug-likeness (QED) is 0.897. The Balaban J connectivity index is 2.18. The topological polar surface area (TPSA) is 32.3 Å². The monoisotopic (exact) mass is 280 g/mol. The number of rotatable bonds is 2. The summed E-state index contributed by atoms with van der Waals surface area (Å²) in [5, 5.41) is 3.65. The molecule has 1 fully saturated rings. The van der Waals surface area contributed by atoms with Crippen molar-refractivity contribution in [3.63, 3.8) is 0 Å². The first-order valence-electron chi connectivity index (χ1n) is 6.69. The van der Waals surface area contributed by atoms with E-state index in [4.69, 9.17) is 11.6 Å². The van der Waals surface area contributed by atoms with Crippen LogP contribution in [0.3, 0.4) is 0 Å². The number of nitrogens with zero attached hydrogens (tertiary/aromatic N) is 1. The molecule has 1 aliphatic rings. The zero-order valence-electron chi connectivity index (χ0n) is 11.8. The lowest BCUT2D eigenvalue weighted by atomic mass is 9.82. The molecular weight excluding hydrogens is 260 g/mol. The fourth-order valence-corrected chi connectivity index (χ4v) is 2.57. The van der Waals surface area contributed by atoms with Crippen molar-refractivity contribution in [2.75, 3.05) is 25.5 Å². The smallest absolute Gasteiger partial charge is 0.256 e. The van der Waals surface area contributed by atoms with Crippen molar-refractivity contribution >= 4 is 23.2 Å². The van der Waals surface area contributed by atoms with Gasteiger partial charge in [-0.1, -0.05) is 25.4 Å². The summed E-state index contributed by atoms with van der Waals surface area (Å²) in [6.45, 7) is 6.16. The van der Waals surface area contributed by atoms with Gasteiger partial charge >= 0.3 is 0 Å². The van der Waals surface area contributed by atoms with E-state index >= 15 is 0 Å². The minimum Gasteiger partial charge on any atom is -0.387 e. The van der Waals surface area contributed by atoms with E-state index in [1.54, 1.807) is 12.1 Å². The van der Waals surface area contributed by atoms with Gasteiger partial charge in [-0.2, -0.15) is 0 Å². The molecule has 0 atom stereocenters. The summed E-state index contributed by atoms with van der Waals surface area (Å²) in [6.07, 6.45) is 2.10. The Kier molecular flexibility index (Phi) is 4.04. The van der Waals surface area contributed by atoms with Crippen molar-refractivity contribution in [2.45, 2.75) is 26.7 Å². The van der Waals surface area contributed by atoms with E-state index in [0.29, 0.717) is 16.0 Å². The Labute approximate surface area is 119 Å². The van der Waals surface area contributed by atoms with Gasteiger partial charge in [0.05, 0.1) is 5.56 Å². The lowest BCUT2D eigenvalue weighted by Gasteiger charge is -2.37. The van der Waals surface area contributed by atoms with E-state index in [9.17, 15) is 4.79 Å². The predicted molar refractivity (Wildman–Crippen MR) is 79.9 cm³/mol. The van der Waals surface area contributed by atoms with Crippen molar-refractivity contribution in [1.29, 1.82) is 0 Å². The highest BCUT2D eigenvalue weighted by Crippen LogP contribution is 2.31. The number of benzene rings is 1. The summed E-state index contributed by atoms with van der Waals surface area (Å²) in [4.78, 5) is 14.5. The molecule has 0 unspecified atom stereocenters. The third kappa shape index (κ3) is 3.21. The zero-order chi connectivity index (χ0) is 14.0. The second-order valence-electron chi connectivity index (χ2n) is 5.90. The van der Waals surface area contributed by atoms with Gasteiger partial charge in [0.1, 0.15) is 0 Å². The maximum atomic E-state index is 12.6. The highest BCUT2D eigenvalue weighted by Gasteiger charge is 2.29. The molecule has 1 aromatic rings. The fourth-order valence-electron chi connectivity index (χ4n) is 2.40. The number of nitrogens with one attached hydrogen (secondary N) is 1. The molecular formula is C15H21ClN2O. The molecule has 0 bridgehead atoms. The Bertz CT molecular complexity index is 475. The number of likely N-dealkylation sites (tertiary alicyclic amines) is 1. The largest absolute Gasteiger partial charge is 0.387 e. The van der Waals surface area contributed by atoms with E-state index in [1.165, 1.54) is 0 Å². The zero-order valence-corrected chi connectivity index (χ0v) is 12.5. The molecule has 3 nitrogen and oxygen atoms in total. The maximum Gasteiger partial charge on any atom is 0.256 e. The van der Waals surface area contributed by atoms with Crippen LogP contribution >= 0.6 is 11.6 Å². The molecule has 1 N–H and O–H groups in total. The molecule has 19 heavy (non-hydrogen) atoms. The highest BCUT2D eigenvalue weighted by molar-refractivity contribution is 6.31. The molecule has 4 heteroatoms. The van der Waals surface area contributed by atoms with Crippen molar-refractivity contribution in [3.05, 3.63) is 28.8 Å². The van der Waals surface area contributed by atoms with Crippen LogP contribution in [0.15, 0.2) is 18.2 Å². The van der Waals surface area contributed by atoms with Crippen LogP contribution in [0.25, 0.3) is 0 Å². The molecule has 0 radical (unpaired) electrons. The molecule has 1 aromatic carbocycles. The molecule has 1 heterocycles. The average Bonchev–Trinajstić information content (AvgIpc) is 2.38. The van der Waals surface area contributed by atoms with E-state index < -0.39 is 0 Å². The van der Waals surface area contributed by atoms with Crippen molar-refractivity contribution < 1.29 is 4.79 Å². The van der Waals surface area contributed by atoms with Crippen LogP contribution in [-0.4, -0.2) is 30.9 Å². The van der Waals surface area contributed by atoms with E-state index in [-0.39, 0.29) is 5.91 Å². The number of carbonyl (C=O) groups excluding carboxylic acids is 1. The summed E-state index contributed by atoms with van der Waals surface area (Å²) in [7, 11) is 1.82. The van der Waals surface area contributed by atoms with Gasteiger partial charge in [-0.25, -0.2) is 0 Å². The predicted octanol–water partition coefficient (Wildman–Crippen LogP) is 3.64. The lowest BCUT2D eigenvalue weighted by Crippen LogP contribution is -2.41. The first-order valence-corrected chi connectivity index (χ1v) is 7.07. The first kappa shape index (κ1) is 14.2. The summed E-state index contributed by atoms with van der Waals surface area (Å²) >= 11 is 6.00. The third-order valence-electron chi connectivity index (χ3n) is 3.89. The number of halogens is 1. The highest BCUT2D eigenvalue weighted by atomic mass is 35.5. The van der Waals surface area contributed by atoms with Crippen LogP contribution in [0.4, 0.5) is 5.69 Å². The van der Waals surface area contributed by atoms with Crippen molar-refractivity contribution in [2.24, 2.45) is 5.41 Å². The lowest BCUT2D eigenvalue weighted by molar-refractivity contribution is 0.0631. The Morgan fingerprint density at radius 2 is 1.95 bits per heavy atom. The van der Waals surface area contributed by atoms with Gasteiger partial charge in [-0.3, -0.25) is 4.79 Å². The molecule has 0 spiro atoms. The third-order valence-corrected chi connectivity index (χ3v) is 4.12. The van der Waals surface area contributed by atoms with Crippen LogP contribution in [-0.2, 0) is 0 Å². The molecule has 2 rings (SSSR count). The molecule has 1 amide bonds. The second kappa shape index (κ2) is 5.41. The van der Waals surface area contributed by atoms with Crippen LogP contribution in [0, 0.1) is 5.41 Å². The van der Waals surface area contributed by atoms with Gasteiger partial charge in [0, 0.05) is 30.8 Å². The van der Waals surface area contributed by atoms with Gasteiger partial charge in [-0.05, 0) is 36.5 Å². The minimum atomic E-state index is 0.0716. The Morgan fingerprint density at radius 3 is 2.53 bits per heavy atom. The fraction of sp³-hybridized carbons (Fsp3) is 0.533. The molecule has 104 valence electrons. The van der Waals surface area contributed by atoms with E-state index in [2.05, 4.69) is 19.2 Å². The number of hydrogen-bond acceptors (Lipinski definition) is 2. The van der Waals surface area contributed by atoms with Gasteiger partial charge < -0.3 is 10.2 Å². The van der Waals surface area contributed by atoms with Crippen molar-refractivity contribution in [1.82, 2.24) is 4.90 Å². The van der Waals surface area contributed by atoms with Crippen LogP contribution in [0.5, 0.6) is 0 Å². The summed E-state index contributed by atoms with van der Waals surface area (Å²) in [5.41, 5.74) is 1.84. The van der Waals surface area contributed by atoms with Crippen LogP contribution in [0.2, 0.25) is 5.02 Å². The molecule has 0 saturated carbocycles. The number of amides is 1.